The van der Waals surface area contributed by atoms with Crippen LogP contribution in [0.4, 0.5) is 0 Å². The minimum atomic E-state index is 0. The topological polar surface area (TPSA) is 0 Å². The van der Waals surface area contributed by atoms with Gasteiger partial charge in [-0.3, -0.25) is 0 Å². The predicted molar refractivity (Wildman–Crippen MR) is 26.9 cm³/mol. The van der Waals surface area contributed by atoms with Gasteiger partial charge in [-0.05, 0) is 0 Å². The summed E-state index contributed by atoms with van der Waals surface area (Å²) in [6, 6.07) is 0. The molecule has 0 aliphatic carbocycles. The Morgan fingerprint density at radius 1 is 0.833 bits per heavy atom. The summed E-state index contributed by atoms with van der Waals surface area (Å²) >= 11 is 0. The normalized spacial score (nSPS) is 3.33. The molecule has 6 heavy (non-hydrogen) atoms. The molecule has 0 aromatic rings. The van der Waals surface area contributed by atoms with Crippen molar-refractivity contribution in [2.75, 3.05) is 0 Å². The molecule has 0 atom stereocenters. The first-order valence-electron chi connectivity index (χ1n) is 1.15. The van der Waals surface area contributed by atoms with E-state index in [9.17, 15) is 0 Å². The molecule has 0 aromatic heterocycles. The first kappa shape index (κ1) is 17.9. The molecule has 0 aliphatic rings. The summed E-state index contributed by atoms with van der Waals surface area (Å²) in [5.41, 5.74) is 0. The fourth-order valence-electron chi connectivity index (χ4n) is 0. The van der Waals surface area contributed by atoms with Crippen molar-refractivity contribution in [3.05, 3.63) is 40.2 Å². The Morgan fingerprint density at radius 3 is 1.00 bits per heavy atom. The molecular weight excluding hydrogens is 72.1 g/mol. The minimum Gasteiger partial charge on any atom is -0.0991 e. The van der Waals surface area contributed by atoms with E-state index in [0.29, 0.717) is 0 Å². The maximum absolute atomic E-state index is 3.36. The monoisotopic (exact) mass is 78.0 g/mol. The van der Waals surface area contributed by atoms with E-state index in [1.54, 1.807) is 12.2 Å². The molecular formula is C6H6. The summed E-state index contributed by atoms with van der Waals surface area (Å²) in [5.74, 6) is 0. The molecule has 0 saturated carbocycles. The highest BCUT2D eigenvalue weighted by Crippen LogP contribution is 1.52. The van der Waals surface area contributed by atoms with E-state index in [2.05, 4.69) is 13.2 Å². The lowest BCUT2D eigenvalue weighted by atomic mass is 10.6. The van der Waals surface area contributed by atoms with Crippen LogP contribution in [0.1, 0.15) is 0 Å². The lowest BCUT2D eigenvalue weighted by Crippen LogP contribution is -1.21. The number of hydrogen-bond acceptors (Lipinski definition) is 0. The molecule has 0 spiro atoms. The van der Waals surface area contributed by atoms with Crippen LogP contribution in [0.5, 0.6) is 0 Å². The molecule has 0 saturated heterocycles. The average Bonchev–Trinajstić information content (AvgIpc) is 1.37. The first-order chi connectivity index (χ1) is 1.91. The van der Waals surface area contributed by atoms with Gasteiger partial charge < -0.3 is 0 Å². The molecule has 0 bridgehead atoms. The van der Waals surface area contributed by atoms with Crippen LogP contribution < -0.4 is 0 Å². The van der Waals surface area contributed by atoms with Gasteiger partial charge in [0.15, 0.2) is 0 Å². The van der Waals surface area contributed by atoms with Crippen molar-refractivity contribution in [2.24, 2.45) is 0 Å². The lowest BCUT2D eigenvalue weighted by molar-refractivity contribution is 2.15. The van der Waals surface area contributed by atoms with Crippen molar-refractivity contribution < 1.29 is 0 Å². The van der Waals surface area contributed by atoms with E-state index in [1.165, 1.54) is 0 Å². The highest BCUT2D eigenvalue weighted by Gasteiger charge is 1.29. The molecule has 30 valence electrons. The second-order valence-corrected chi connectivity index (χ2v) is 0.471. The zero-order valence-corrected chi connectivity index (χ0v) is 3.57. The van der Waals surface area contributed by atoms with Gasteiger partial charge in [0.2, 0.25) is 0 Å². The SMILES string of the molecule is C=CC=C.[C].[C]. The Balaban J connectivity index is -0.0000000450. The van der Waals surface area contributed by atoms with E-state index in [0.717, 1.165) is 0 Å². The van der Waals surface area contributed by atoms with Crippen LogP contribution in [0.15, 0.2) is 25.3 Å². The molecule has 0 nitrogen and oxygen atoms in total. The summed E-state index contributed by atoms with van der Waals surface area (Å²) in [6.45, 7) is 6.72. The molecule has 0 heteroatoms. The molecule has 0 unspecified atom stereocenters. The van der Waals surface area contributed by atoms with E-state index in [-0.39, 0.29) is 14.9 Å². The molecule has 0 aliphatic heterocycles. The van der Waals surface area contributed by atoms with Crippen LogP contribution in [0.25, 0.3) is 0 Å². The van der Waals surface area contributed by atoms with Crippen molar-refractivity contribution in [1.82, 2.24) is 0 Å². The summed E-state index contributed by atoms with van der Waals surface area (Å²) < 4.78 is 0. The summed E-state index contributed by atoms with van der Waals surface area (Å²) in [5, 5.41) is 0. The smallest absolute Gasteiger partial charge is 0 e. The largest absolute Gasteiger partial charge is 0.0991 e. The van der Waals surface area contributed by atoms with E-state index < -0.39 is 0 Å². The third-order valence-electron chi connectivity index (χ3n) is 0.167. The Morgan fingerprint density at radius 2 is 1.00 bits per heavy atom. The fraction of sp³-hybridized carbons (Fsp3) is 0. The lowest BCUT2D eigenvalue weighted by Gasteiger charge is -1.44. The van der Waals surface area contributed by atoms with Gasteiger partial charge in [-0.15, -0.1) is 0 Å². The van der Waals surface area contributed by atoms with Gasteiger partial charge in [0, 0.05) is 14.9 Å². The maximum Gasteiger partial charge on any atom is 0 e. The van der Waals surface area contributed by atoms with Gasteiger partial charge in [0.1, 0.15) is 0 Å². The summed E-state index contributed by atoms with van der Waals surface area (Å²) in [6.07, 6.45) is 3.28. The van der Waals surface area contributed by atoms with Crippen molar-refractivity contribution in [3.63, 3.8) is 0 Å². The van der Waals surface area contributed by atoms with Gasteiger partial charge >= 0.3 is 0 Å². The fourth-order valence-corrected chi connectivity index (χ4v) is 0. The Bertz CT molecular complexity index is 21.0. The van der Waals surface area contributed by atoms with Gasteiger partial charge in [-0.1, -0.05) is 25.3 Å². The van der Waals surface area contributed by atoms with Crippen molar-refractivity contribution in [2.45, 2.75) is 0 Å². The van der Waals surface area contributed by atoms with Crippen molar-refractivity contribution in [1.29, 1.82) is 0 Å². The zero-order valence-electron chi connectivity index (χ0n) is 3.57. The quantitative estimate of drug-likeness (QED) is 0.417. The zero-order chi connectivity index (χ0) is 3.41. The van der Waals surface area contributed by atoms with Crippen molar-refractivity contribution in [3.8, 4) is 0 Å². The highest BCUT2D eigenvalue weighted by molar-refractivity contribution is 4.88. The van der Waals surface area contributed by atoms with Crippen LogP contribution in [-0.2, 0) is 0 Å². The molecule has 0 fully saturated rings. The molecule has 0 N–H and O–H groups in total. The number of allylic oxidation sites excluding steroid dienone is 2. The third-order valence-corrected chi connectivity index (χ3v) is 0.167. The minimum absolute atomic E-state index is 0. The highest BCUT2D eigenvalue weighted by atomic mass is 13.4. The van der Waals surface area contributed by atoms with Gasteiger partial charge in [-0.25, -0.2) is 0 Å². The van der Waals surface area contributed by atoms with Crippen LogP contribution in [0, 0.1) is 14.9 Å². The van der Waals surface area contributed by atoms with E-state index in [1.807, 2.05) is 0 Å². The van der Waals surface area contributed by atoms with Gasteiger partial charge in [0.25, 0.3) is 0 Å². The average molecular weight is 78.1 g/mol. The van der Waals surface area contributed by atoms with Crippen LogP contribution in [-0.4, -0.2) is 0 Å². The molecule has 0 amide bonds. The number of hydrogen-bond donors (Lipinski definition) is 0. The van der Waals surface area contributed by atoms with Crippen molar-refractivity contribution >= 4 is 0 Å². The van der Waals surface area contributed by atoms with Gasteiger partial charge in [-0.2, -0.15) is 0 Å². The predicted octanol–water partition coefficient (Wildman–Crippen LogP) is 1.52. The summed E-state index contributed by atoms with van der Waals surface area (Å²) in [4.78, 5) is 0. The summed E-state index contributed by atoms with van der Waals surface area (Å²) in [7, 11) is 0. The van der Waals surface area contributed by atoms with E-state index >= 15 is 0 Å². The molecule has 0 heterocycles. The second-order valence-electron chi connectivity index (χ2n) is 0.471. The van der Waals surface area contributed by atoms with Crippen LogP contribution in [0.2, 0.25) is 0 Å². The van der Waals surface area contributed by atoms with Crippen LogP contribution in [0.3, 0.4) is 0 Å². The first-order valence-corrected chi connectivity index (χ1v) is 1.15. The standard InChI is InChI=1S/C4H6.2C/c1-3-4-2;;/h3-4H,1-2H2;;. The molecule has 0 rings (SSSR count). The number of rotatable bonds is 1. The Labute approximate surface area is 41.2 Å². The maximum atomic E-state index is 3.36. The Hall–Kier alpha value is -0.520. The third kappa shape index (κ3) is 92.9. The van der Waals surface area contributed by atoms with Crippen LogP contribution >= 0.6 is 0 Å². The molecule has 8 radical (unpaired) electrons. The second kappa shape index (κ2) is 24.8. The van der Waals surface area contributed by atoms with E-state index in [4.69, 9.17) is 0 Å². The van der Waals surface area contributed by atoms with Gasteiger partial charge in [0.05, 0.1) is 0 Å². The molecule has 0 aromatic carbocycles. The Kier molecular flexibility index (Phi) is 73.8.